The van der Waals surface area contributed by atoms with Crippen molar-refractivity contribution in [1.29, 1.82) is 5.26 Å². The maximum Gasteiger partial charge on any atom is 0.406 e. The second-order valence-electron chi connectivity index (χ2n) is 3.23. The highest BCUT2D eigenvalue weighted by molar-refractivity contribution is 9.10. The van der Waals surface area contributed by atoms with E-state index in [9.17, 15) is 13.2 Å². The van der Waals surface area contributed by atoms with Gasteiger partial charge in [0.05, 0.1) is 16.8 Å². The lowest BCUT2D eigenvalue weighted by molar-refractivity contribution is -0.155. The SMILES string of the molecule is N#CC(CNc1cc(Br)ccc1Cl)C(F)(F)F. The van der Waals surface area contributed by atoms with Crippen molar-refractivity contribution in [2.24, 2.45) is 5.92 Å². The summed E-state index contributed by atoms with van der Waals surface area (Å²) in [5, 5.41) is 11.2. The Morgan fingerprint density at radius 3 is 2.65 bits per heavy atom. The second-order valence-corrected chi connectivity index (χ2v) is 4.55. The van der Waals surface area contributed by atoms with Crippen molar-refractivity contribution in [1.82, 2.24) is 0 Å². The number of nitrogens with zero attached hydrogens (tertiary/aromatic N) is 1. The Labute approximate surface area is 110 Å². The standard InChI is InChI=1S/C10H7BrClF3N2/c11-7-1-2-8(12)9(3-7)17-5-6(4-16)10(13,14)15/h1-3,6,17H,5H2. The summed E-state index contributed by atoms with van der Waals surface area (Å²) in [4.78, 5) is 0. The number of halogens is 5. The Hall–Kier alpha value is -0.930. The fraction of sp³-hybridized carbons (Fsp3) is 0.300. The molecule has 1 atom stereocenters. The smallest absolute Gasteiger partial charge is 0.382 e. The van der Waals surface area contributed by atoms with Gasteiger partial charge in [-0.2, -0.15) is 18.4 Å². The third-order valence-electron chi connectivity index (χ3n) is 1.98. The molecule has 0 bridgehead atoms. The lowest BCUT2D eigenvalue weighted by Crippen LogP contribution is -2.28. The summed E-state index contributed by atoms with van der Waals surface area (Å²) >= 11 is 8.96. The van der Waals surface area contributed by atoms with E-state index in [2.05, 4.69) is 21.2 Å². The molecule has 0 fully saturated rings. The predicted octanol–water partition coefficient (Wildman–Crippen LogP) is 4.22. The van der Waals surface area contributed by atoms with E-state index in [0.29, 0.717) is 15.2 Å². The zero-order valence-corrected chi connectivity index (χ0v) is 10.7. The third kappa shape index (κ3) is 4.10. The molecular weight excluding hydrogens is 320 g/mol. The summed E-state index contributed by atoms with van der Waals surface area (Å²) in [5.74, 6) is -2.06. The van der Waals surface area contributed by atoms with Gasteiger partial charge in [-0.3, -0.25) is 0 Å². The molecule has 1 aromatic rings. The van der Waals surface area contributed by atoms with Crippen LogP contribution in [0.15, 0.2) is 22.7 Å². The summed E-state index contributed by atoms with van der Waals surface area (Å²) in [6.45, 7) is -0.532. The van der Waals surface area contributed by atoms with E-state index in [1.54, 1.807) is 18.2 Å². The summed E-state index contributed by atoms with van der Waals surface area (Å²) in [6, 6.07) is 5.96. The molecule has 0 aromatic heterocycles. The maximum atomic E-state index is 12.3. The zero-order valence-electron chi connectivity index (χ0n) is 8.35. The first-order valence-corrected chi connectivity index (χ1v) is 5.67. The minimum absolute atomic E-state index is 0.298. The van der Waals surface area contributed by atoms with Gasteiger partial charge in [0.15, 0.2) is 5.92 Å². The molecule has 1 rings (SSSR count). The van der Waals surface area contributed by atoms with Crippen molar-refractivity contribution in [3.63, 3.8) is 0 Å². The lowest BCUT2D eigenvalue weighted by Gasteiger charge is -2.15. The number of alkyl halides is 3. The molecule has 0 amide bonds. The fourth-order valence-corrected chi connectivity index (χ4v) is 1.62. The fourth-order valence-electron chi connectivity index (χ4n) is 1.08. The van der Waals surface area contributed by atoms with E-state index in [4.69, 9.17) is 16.9 Å². The first-order valence-electron chi connectivity index (χ1n) is 4.50. The van der Waals surface area contributed by atoms with Crippen LogP contribution in [0.25, 0.3) is 0 Å². The zero-order chi connectivity index (χ0) is 13.1. The molecule has 0 spiro atoms. The molecule has 0 radical (unpaired) electrons. The van der Waals surface area contributed by atoms with Crippen molar-refractivity contribution in [2.45, 2.75) is 6.18 Å². The Balaban J connectivity index is 2.73. The van der Waals surface area contributed by atoms with E-state index in [1.807, 2.05) is 0 Å². The monoisotopic (exact) mass is 326 g/mol. The van der Waals surface area contributed by atoms with Gasteiger partial charge >= 0.3 is 6.18 Å². The normalized spacial score (nSPS) is 12.9. The van der Waals surface area contributed by atoms with E-state index in [1.165, 1.54) is 6.07 Å². The topological polar surface area (TPSA) is 35.8 Å². The molecule has 0 heterocycles. The molecule has 0 saturated carbocycles. The van der Waals surface area contributed by atoms with Crippen LogP contribution >= 0.6 is 27.5 Å². The molecule has 1 unspecified atom stereocenters. The van der Waals surface area contributed by atoms with Crippen LogP contribution in [-0.2, 0) is 0 Å². The van der Waals surface area contributed by atoms with Gasteiger partial charge in [0.2, 0.25) is 0 Å². The Bertz CT molecular complexity index is 442. The molecule has 1 N–H and O–H groups in total. The Kier molecular flexibility index (Phi) is 4.66. The summed E-state index contributed by atoms with van der Waals surface area (Å²) in [5.41, 5.74) is 0.352. The molecule has 0 aliphatic rings. The number of benzene rings is 1. The quantitative estimate of drug-likeness (QED) is 0.902. The van der Waals surface area contributed by atoms with E-state index in [-0.39, 0.29) is 0 Å². The Morgan fingerprint density at radius 1 is 1.47 bits per heavy atom. The molecule has 0 saturated heterocycles. The minimum Gasteiger partial charge on any atom is -0.382 e. The molecule has 17 heavy (non-hydrogen) atoms. The number of nitrogens with one attached hydrogen (secondary N) is 1. The average Bonchev–Trinajstić information content (AvgIpc) is 2.22. The Morgan fingerprint density at radius 2 is 2.12 bits per heavy atom. The average molecular weight is 328 g/mol. The first kappa shape index (κ1) is 14.1. The number of nitriles is 1. The molecule has 2 nitrogen and oxygen atoms in total. The van der Waals surface area contributed by atoms with Gasteiger partial charge in [0, 0.05) is 11.0 Å². The molecular formula is C10H7BrClF3N2. The number of anilines is 1. The van der Waals surface area contributed by atoms with Gasteiger partial charge in [0.25, 0.3) is 0 Å². The lowest BCUT2D eigenvalue weighted by atomic mass is 10.1. The predicted molar refractivity (Wildman–Crippen MR) is 62.8 cm³/mol. The van der Waals surface area contributed by atoms with Crippen molar-refractivity contribution >= 4 is 33.2 Å². The molecule has 0 aliphatic carbocycles. The summed E-state index contributed by atoms with van der Waals surface area (Å²) < 4.78 is 37.6. The number of rotatable bonds is 3. The highest BCUT2D eigenvalue weighted by Crippen LogP contribution is 2.29. The van der Waals surface area contributed by atoms with Crippen LogP contribution in [-0.4, -0.2) is 12.7 Å². The van der Waals surface area contributed by atoms with Crippen LogP contribution in [0.5, 0.6) is 0 Å². The molecule has 92 valence electrons. The van der Waals surface area contributed by atoms with E-state index < -0.39 is 18.6 Å². The summed E-state index contributed by atoms with van der Waals surface area (Å²) in [6.07, 6.45) is -4.54. The van der Waals surface area contributed by atoms with Gasteiger partial charge in [-0.05, 0) is 18.2 Å². The van der Waals surface area contributed by atoms with Gasteiger partial charge in [-0.1, -0.05) is 27.5 Å². The molecule has 0 aliphatic heterocycles. The van der Waals surface area contributed by atoms with Crippen LogP contribution in [0.4, 0.5) is 18.9 Å². The van der Waals surface area contributed by atoms with Gasteiger partial charge in [0.1, 0.15) is 0 Å². The van der Waals surface area contributed by atoms with Crippen LogP contribution in [0.3, 0.4) is 0 Å². The van der Waals surface area contributed by atoms with E-state index in [0.717, 1.165) is 0 Å². The van der Waals surface area contributed by atoms with Crippen LogP contribution in [0, 0.1) is 17.2 Å². The third-order valence-corrected chi connectivity index (χ3v) is 2.80. The van der Waals surface area contributed by atoms with Crippen LogP contribution in [0.1, 0.15) is 0 Å². The van der Waals surface area contributed by atoms with Crippen molar-refractivity contribution in [3.05, 3.63) is 27.7 Å². The van der Waals surface area contributed by atoms with Crippen molar-refractivity contribution in [2.75, 3.05) is 11.9 Å². The van der Waals surface area contributed by atoms with Crippen LogP contribution < -0.4 is 5.32 Å². The molecule has 1 aromatic carbocycles. The first-order chi connectivity index (χ1) is 7.84. The summed E-state index contributed by atoms with van der Waals surface area (Å²) in [7, 11) is 0. The second kappa shape index (κ2) is 5.61. The van der Waals surface area contributed by atoms with E-state index >= 15 is 0 Å². The molecule has 7 heteroatoms. The minimum atomic E-state index is -4.54. The number of hydrogen-bond acceptors (Lipinski definition) is 2. The highest BCUT2D eigenvalue weighted by atomic mass is 79.9. The number of hydrogen-bond donors (Lipinski definition) is 1. The van der Waals surface area contributed by atoms with Gasteiger partial charge in [-0.25, -0.2) is 0 Å². The maximum absolute atomic E-state index is 12.3. The van der Waals surface area contributed by atoms with Crippen molar-refractivity contribution in [3.8, 4) is 6.07 Å². The largest absolute Gasteiger partial charge is 0.406 e. The highest BCUT2D eigenvalue weighted by Gasteiger charge is 2.39. The van der Waals surface area contributed by atoms with Crippen molar-refractivity contribution < 1.29 is 13.2 Å². The van der Waals surface area contributed by atoms with Crippen LogP contribution in [0.2, 0.25) is 5.02 Å². The van der Waals surface area contributed by atoms with Gasteiger partial charge in [-0.15, -0.1) is 0 Å². The van der Waals surface area contributed by atoms with Gasteiger partial charge < -0.3 is 5.32 Å².